The second-order valence-electron chi connectivity index (χ2n) is 9.02. The fourth-order valence-corrected chi connectivity index (χ4v) is 4.85. The number of aromatic carboxylic acids is 1. The highest BCUT2D eigenvalue weighted by Crippen LogP contribution is 2.44. The van der Waals surface area contributed by atoms with E-state index in [9.17, 15) is 14.4 Å². The van der Waals surface area contributed by atoms with Crippen LogP contribution in [0.25, 0.3) is 11.1 Å². The predicted octanol–water partition coefficient (Wildman–Crippen LogP) is 3.84. The normalized spacial score (nSPS) is 15.4. The summed E-state index contributed by atoms with van der Waals surface area (Å²) in [7, 11) is 0. The lowest BCUT2D eigenvalue weighted by Crippen LogP contribution is -2.56. The van der Waals surface area contributed by atoms with E-state index in [1.165, 1.54) is 6.07 Å². The Balaban J connectivity index is 1.16. The molecule has 0 bridgehead atoms. The van der Waals surface area contributed by atoms with Gasteiger partial charge in [0.15, 0.2) is 11.5 Å². The van der Waals surface area contributed by atoms with Gasteiger partial charge in [-0.1, -0.05) is 53.7 Å². The number of carboxylic acid groups (broad SMARTS) is 1. The quantitative estimate of drug-likeness (QED) is 0.451. The van der Waals surface area contributed by atoms with Gasteiger partial charge in [-0.2, -0.15) is 0 Å². The molecule has 0 spiro atoms. The van der Waals surface area contributed by atoms with E-state index in [2.05, 4.69) is 40.1 Å². The maximum Gasteiger partial charge on any atom is 0.407 e. The minimum Gasteiger partial charge on any atom is -0.476 e. The number of benzene rings is 2. The Labute approximate surface area is 201 Å². The molecule has 1 saturated carbocycles. The smallest absolute Gasteiger partial charge is 0.407 e. The Hall–Kier alpha value is -4.14. The van der Waals surface area contributed by atoms with Gasteiger partial charge in [0.05, 0.1) is 12.1 Å². The van der Waals surface area contributed by atoms with Crippen LogP contribution < -0.4 is 10.6 Å². The molecule has 1 aromatic heterocycles. The van der Waals surface area contributed by atoms with Crippen molar-refractivity contribution in [3.05, 3.63) is 77.2 Å². The van der Waals surface area contributed by atoms with Gasteiger partial charge in [-0.3, -0.25) is 4.79 Å². The molecule has 2 aliphatic carbocycles. The Morgan fingerprint density at radius 3 is 2.29 bits per heavy atom. The number of nitrogens with zero attached hydrogens (tertiary/aromatic N) is 1. The van der Waals surface area contributed by atoms with Gasteiger partial charge in [0.25, 0.3) is 0 Å². The summed E-state index contributed by atoms with van der Waals surface area (Å²) in [5.74, 6) is -1.28. The van der Waals surface area contributed by atoms with E-state index >= 15 is 0 Å². The number of carbonyl (C=O) groups excluding carboxylic acids is 2. The zero-order valence-corrected chi connectivity index (χ0v) is 19.0. The highest BCUT2D eigenvalue weighted by atomic mass is 16.5. The first-order chi connectivity index (χ1) is 16.9. The molecular formula is C26H25N3O6. The third-order valence-electron chi connectivity index (χ3n) is 6.76. The number of carbonyl (C=O) groups is 3. The van der Waals surface area contributed by atoms with Crippen LogP contribution in [-0.4, -0.2) is 40.4 Å². The SMILES string of the molecule is O=C(CC1(NC(=O)OCC2c3ccccc3-c3ccccc32)CCC1)NCc1cc(C(=O)O)no1. The topological polar surface area (TPSA) is 131 Å². The largest absolute Gasteiger partial charge is 0.476 e. The molecule has 3 aromatic rings. The second-order valence-corrected chi connectivity index (χ2v) is 9.02. The van der Waals surface area contributed by atoms with Gasteiger partial charge in [0, 0.05) is 18.4 Å². The summed E-state index contributed by atoms with van der Waals surface area (Å²) >= 11 is 0. The molecule has 0 aliphatic heterocycles. The molecule has 2 amide bonds. The molecular weight excluding hydrogens is 450 g/mol. The Morgan fingerprint density at radius 1 is 1.06 bits per heavy atom. The number of ether oxygens (including phenoxy) is 1. The average Bonchev–Trinajstić information content (AvgIpc) is 3.43. The van der Waals surface area contributed by atoms with Gasteiger partial charge in [0.1, 0.15) is 6.61 Å². The Kier molecular flexibility index (Phi) is 5.98. The molecule has 2 aromatic carbocycles. The van der Waals surface area contributed by atoms with Crippen LogP contribution in [0.2, 0.25) is 0 Å². The van der Waals surface area contributed by atoms with E-state index in [1.54, 1.807) is 0 Å². The molecule has 35 heavy (non-hydrogen) atoms. The summed E-state index contributed by atoms with van der Waals surface area (Å²) in [5.41, 5.74) is 3.72. The van der Waals surface area contributed by atoms with E-state index in [0.717, 1.165) is 28.7 Å². The summed E-state index contributed by atoms with van der Waals surface area (Å²) in [6.07, 6.45) is 1.81. The maximum absolute atomic E-state index is 12.7. The van der Waals surface area contributed by atoms with Gasteiger partial charge in [-0.05, 0) is 41.5 Å². The number of hydrogen-bond acceptors (Lipinski definition) is 6. The molecule has 9 heteroatoms. The number of aromatic nitrogens is 1. The molecule has 9 nitrogen and oxygen atoms in total. The molecule has 3 N–H and O–H groups in total. The van der Waals surface area contributed by atoms with Gasteiger partial charge >= 0.3 is 12.1 Å². The number of alkyl carbamates (subject to hydrolysis) is 1. The maximum atomic E-state index is 12.7. The van der Waals surface area contributed by atoms with E-state index in [4.69, 9.17) is 14.4 Å². The third-order valence-corrected chi connectivity index (χ3v) is 6.76. The van der Waals surface area contributed by atoms with Crippen molar-refractivity contribution in [2.75, 3.05) is 6.61 Å². The summed E-state index contributed by atoms with van der Waals surface area (Å²) in [5, 5.41) is 17.9. The zero-order chi connectivity index (χ0) is 24.4. The molecule has 1 fully saturated rings. The van der Waals surface area contributed by atoms with Crippen molar-refractivity contribution < 1.29 is 28.8 Å². The number of fused-ring (bicyclic) bond motifs is 3. The van der Waals surface area contributed by atoms with Crippen molar-refractivity contribution in [2.45, 2.75) is 43.7 Å². The second kappa shape index (κ2) is 9.25. The van der Waals surface area contributed by atoms with E-state index in [1.807, 2.05) is 24.3 Å². The number of amides is 2. The van der Waals surface area contributed by atoms with E-state index in [-0.39, 0.29) is 42.9 Å². The lowest BCUT2D eigenvalue weighted by atomic mass is 9.74. The number of hydrogen-bond donors (Lipinski definition) is 3. The molecule has 0 unspecified atom stereocenters. The minimum atomic E-state index is -1.20. The van der Waals surface area contributed by atoms with Gasteiger partial charge in [0.2, 0.25) is 5.91 Å². The van der Waals surface area contributed by atoms with E-state index in [0.29, 0.717) is 12.8 Å². The van der Waals surface area contributed by atoms with Crippen LogP contribution in [0.1, 0.15) is 59.0 Å². The summed E-state index contributed by atoms with van der Waals surface area (Å²) < 4.78 is 10.6. The summed E-state index contributed by atoms with van der Waals surface area (Å²) in [6, 6.07) is 17.5. The highest BCUT2D eigenvalue weighted by Gasteiger charge is 2.41. The van der Waals surface area contributed by atoms with Crippen molar-refractivity contribution >= 4 is 18.0 Å². The first kappa shape index (κ1) is 22.6. The molecule has 1 heterocycles. The molecule has 180 valence electrons. The first-order valence-corrected chi connectivity index (χ1v) is 11.5. The summed E-state index contributed by atoms with van der Waals surface area (Å²) in [4.78, 5) is 36.1. The van der Waals surface area contributed by atoms with Crippen LogP contribution in [-0.2, 0) is 16.1 Å². The lowest BCUT2D eigenvalue weighted by Gasteiger charge is -2.41. The highest BCUT2D eigenvalue weighted by molar-refractivity contribution is 5.85. The average molecular weight is 476 g/mol. The predicted molar refractivity (Wildman–Crippen MR) is 125 cm³/mol. The fourth-order valence-electron chi connectivity index (χ4n) is 4.85. The van der Waals surface area contributed by atoms with Gasteiger partial charge < -0.3 is 25.0 Å². The van der Waals surface area contributed by atoms with Crippen molar-refractivity contribution in [1.82, 2.24) is 15.8 Å². The lowest BCUT2D eigenvalue weighted by molar-refractivity contribution is -0.123. The number of nitrogens with one attached hydrogen (secondary N) is 2. The van der Waals surface area contributed by atoms with Crippen LogP contribution in [0.15, 0.2) is 59.1 Å². The standard InChI is InChI=1S/C26H25N3O6/c30-23(27-14-16-12-22(24(31)32)29-35-16)13-26(10-5-11-26)28-25(33)34-15-21-19-8-3-1-6-17(19)18-7-2-4-9-20(18)21/h1-4,6-9,12,21H,5,10-11,13-15H2,(H,27,30)(H,28,33)(H,31,32). The monoisotopic (exact) mass is 475 g/mol. The van der Waals surface area contributed by atoms with Crippen LogP contribution in [0.4, 0.5) is 4.79 Å². The van der Waals surface area contributed by atoms with Crippen molar-refractivity contribution in [3.8, 4) is 11.1 Å². The van der Waals surface area contributed by atoms with Crippen LogP contribution in [0.3, 0.4) is 0 Å². The van der Waals surface area contributed by atoms with Crippen LogP contribution in [0, 0.1) is 0 Å². The number of rotatable bonds is 8. The van der Waals surface area contributed by atoms with Crippen LogP contribution in [0.5, 0.6) is 0 Å². The minimum absolute atomic E-state index is 0.0140. The Morgan fingerprint density at radius 2 is 1.71 bits per heavy atom. The molecule has 2 aliphatic rings. The Bertz CT molecular complexity index is 1230. The fraction of sp³-hybridized carbons (Fsp3) is 0.308. The van der Waals surface area contributed by atoms with Crippen molar-refractivity contribution in [3.63, 3.8) is 0 Å². The van der Waals surface area contributed by atoms with Gasteiger partial charge in [-0.25, -0.2) is 9.59 Å². The van der Waals surface area contributed by atoms with E-state index < -0.39 is 17.6 Å². The molecule has 0 atom stereocenters. The zero-order valence-electron chi connectivity index (χ0n) is 19.0. The number of carboxylic acids is 1. The van der Waals surface area contributed by atoms with Crippen molar-refractivity contribution in [2.24, 2.45) is 0 Å². The third kappa shape index (κ3) is 4.62. The molecule has 0 saturated heterocycles. The summed E-state index contributed by atoms with van der Waals surface area (Å²) in [6.45, 7) is 0.222. The van der Waals surface area contributed by atoms with Crippen LogP contribution >= 0.6 is 0 Å². The molecule has 5 rings (SSSR count). The molecule has 0 radical (unpaired) electrons. The van der Waals surface area contributed by atoms with Gasteiger partial charge in [-0.15, -0.1) is 0 Å². The first-order valence-electron chi connectivity index (χ1n) is 11.5. The van der Waals surface area contributed by atoms with Crippen molar-refractivity contribution in [1.29, 1.82) is 0 Å².